The zero-order chi connectivity index (χ0) is 17.4. The molecule has 1 fully saturated rings. The summed E-state index contributed by atoms with van der Waals surface area (Å²) in [7, 11) is 0. The first kappa shape index (κ1) is 17.7. The van der Waals surface area contributed by atoms with E-state index >= 15 is 0 Å². The Hall–Kier alpha value is -2.70. The van der Waals surface area contributed by atoms with Crippen LogP contribution in [0.3, 0.4) is 0 Å². The van der Waals surface area contributed by atoms with Crippen LogP contribution in [0.15, 0.2) is 36.4 Å². The second kappa shape index (κ2) is 8.81. The number of nitro groups is 1. The highest BCUT2D eigenvalue weighted by atomic mass is 16.6. The lowest BCUT2D eigenvalue weighted by atomic mass is 9.90. The lowest BCUT2D eigenvalue weighted by Crippen LogP contribution is -2.16. The van der Waals surface area contributed by atoms with Gasteiger partial charge in [-0.25, -0.2) is 9.59 Å². The Kier molecular flexibility index (Phi) is 6.48. The number of benzene rings is 1. The normalized spacial score (nSPS) is 15.2. The van der Waals surface area contributed by atoms with Gasteiger partial charge in [-0.15, -0.1) is 0 Å². The van der Waals surface area contributed by atoms with Gasteiger partial charge in [0.15, 0.2) is 0 Å². The van der Waals surface area contributed by atoms with E-state index in [1.54, 1.807) is 0 Å². The Balaban J connectivity index is 1.82. The Labute approximate surface area is 139 Å². The summed E-state index contributed by atoms with van der Waals surface area (Å²) in [6.45, 7) is 0.350. The van der Waals surface area contributed by atoms with Gasteiger partial charge in [0.1, 0.15) is 0 Å². The van der Waals surface area contributed by atoms with Crippen molar-refractivity contribution in [3.05, 3.63) is 46.5 Å². The third-order valence-corrected chi connectivity index (χ3v) is 3.81. The van der Waals surface area contributed by atoms with Gasteiger partial charge in [-0.2, -0.15) is 0 Å². The fourth-order valence-corrected chi connectivity index (χ4v) is 2.57. The highest BCUT2D eigenvalue weighted by Gasteiger charge is 2.17. The molecule has 0 atom stereocenters. The van der Waals surface area contributed by atoms with E-state index in [0.717, 1.165) is 37.8 Å². The molecule has 7 nitrogen and oxygen atoms in total. The zero-order valence-corrected chi connectivity index (χ0v) is 13.2. The molecule has 0 aromatic heterocycles. The molecule has 0 bridgehead atoms. The summed E-state index contributed by atoms with van der Waals surface area (Å²) < 4.78 is 9.98. The van der Waals surface area contributed by atoms with Crippen molar-refractivity contribution in [1.82, 2.24) is 0 Å². The van der Waals surface area contributed by atoms with Crippen molar-refractivity contribution in [2.75, 3.05) is 6.61 Å². The second-order valence-corrected chi connectivity index (χ2v) is 5.61. The molecule has 0 aliphatic heterocycles. The number of nitrogens with zero attached hydrogens (tertiary/aromatic N) is 1. The summed E-state index contributed by atoms with van der Waals surface area (Å²) in [5.41, 5.74) is -0.320. The molecular weight excluding hydrogens is 314 g/mol. The minimum Gasteiger partial charge on any atom is -0.462 e. The number of carbonyl (C=O) groups excluding carboxylic acids is 2. The van der Waals surface area contributed by atoms with Crippen molar-refractivity contribution in [1.29, 1.82) is 0 Å². The summed E-state index contributed by atoms with van der Waals surface area (Å²) in [4.78, 5) is 33.4. The number of ether oxygens (including phenoxy) is 2. The van der Waals surface area contributed by atoms with Gasteiger partial charge in [-0.3, -0.25) is 10.1 Å². The maximum absolute atomic E-state index is 11.7. The average Bonchev–Trinajstić information content (AvgIpc) is 2.59. The number of esters is 2. The molecular formula is C17H19NO6. The van der Waals surface area contributed by atoms with E-state index in [0.29, 0.717) is 12.5 Å². The van der Waals surface area contributed by atoms with Crippen molar-refractivity contribution in [3.63, 3.8) is 0 Å². The molecule has 0 amide bonds. The van der Waals surface area contributed by atoms with Crippen LogP contribution < -0.4 is 4.74 Å². The minimum atomic E-state index is -0.876. The number of rotatable bonds is 6. The smallest absolute Gasteiger partial charge is 0.336 e. The van der Waals surface area contributed by atoms with E-state index in [-0.39, 0.29) is 11.4 Å². The molecule has 1 saturated carbocycles. The minimum absolute atomic E-state index is 0.173. The summed E-state index contributed by atoms with van der Waals surface area (Å²) in [6.07, 6.45) is 7.51. The lowest BCUT2D eigenvalue weighted by molar-refractivity contribution is -0.385. The molecule has 0 radical (unpaired) electrons. The third kappa shape index (κ3) is 5.49. The Bertz CT molecular complexity index is 634. The van der Waals surface area contributed by atoms with Crippen molar-refractivity contribution < 1.29 is 24.0 Å². The molecule has 0 spiro atoms. The molecule has 2 rings (SSSR count). The van der Waals surface area contributed by atoms with Crippen molar-refractivity contribution in [2.24, 2.45) is 5.92 Å². The van der Waals surface area contributed by atoms with Crippen LogP contribution >= 0.6 is 0 Å². The van der Waals surface area contributed by atoms with Crippen molar-refractivity contribution >= 4 is 17.6 Å². The molecule has 128 valence electrons. The lowest BCUT2D eigenvalue weighted by Gasteiger charge is -2.20. The predicted molar refractivity (Wildman–Crippen MR) is 85.4 cm³/mol. The summed E-state index contributed by atoms with van der Waals surface area (Å²) in [6, 6.07) is 5.52. The van der Waals surface area contributed by atoms with E-state index in [2.05, 4.69) is 0 Å². The largest absolute Gasteiger partial charge is 0.462 e. The van der Waals surface area contributed by atoms with Crippen LogP contribution in [-0.4, -0.2) is 23.5 Å². The van der Waals surface area contributed by atoms with Crippen LogP contribution in [0.1, 0.15) is 32.1 Å². The number of hydrogen-bond acceptors (Lipinski definition) is 6. The number of hydrogen-bond donors (Lipinski definition) is 0. The van der Waals surface area contributed by atoms with Gasteiger partial charge in [0, 0.05) is 18.2 Å². The van der Waals surface area contributed by atoms with E-state index in [4.69, 9.17) is 9.47 Å². The van der Waals surface area contributed by atoms with Crippen molar-refractivity contribution in [2.45, 2.75) is 32.1 Å². The standard InChI is InChI=1S/C17H19NO6/c19-16(23-12-13-6-2-1-3-7-13)10-11-17(20)24-15-9-5-4-8-14(15)18(21)22/h4-5,8-11,13H,1-3,6-7,12H2/b11-10+. The molecule has 1 aliphatic rings. The Morgan fingerprint density at radius 3 is 2.50 bits per heavy atom. The maximum Gasteiger partial charge on any atom is 0.336 e. The summed E-state index contributed by atoms with van der Waals surface area (Å²) in [5.74, 6) is -1.29. The quantitative estimate of drug-likeness (QED) is 0.261. The molecule has 1 aromatic carbocycles. The molecule has 0 heterocycles. The second-order valence-electron chi connectivity index (χ2n) is 5.61. The molecule has 7 heteroatoms. The molecule has 0 saturated heterocycles. The van der Waals surface area contributed by atoms with Crippen LogP contribution in [0.4, 0.5) is 5.69 Å². The first-order valence-electron chi connectivity index (χ1n) is 7.86. The summed E-state index contributed by atoms with van der Waals surface area (Å²) >= 11 is 0. The topological polar surface area (TPSA) is 95.7 Å². The van der Waals surface area contributed by atoms with Crippen LogP contribution in [0, 0.1) is 16.0 Å². The Morgan fingerprint density at radius 2 is 1.79 bits per heavy atom. The van der Waals surface area contributed by atoms with E-state index in [1.165, 1.54) is 30.7 Å². The SMILES string of the molecule is O=C(/C=C/C(=O)Oc1ccccc1[N+](=O)[O-])OCC1CCCCC1. The molecule has 0 N–H and O–H groups in total. The third-order valence-electron chi connectivity index (χ3n) is 3.81. The van der Waals surface area contributed by atoms with Crippen LogP contribution in [0.5, 0.6) is 5.75 Å². The van der Waals surface area contributed by atoms with Crippen LogP contribution in [0.25, 0.3) is 0 Å². The fraction of sp³-hybridized carbons (Fsp3) is 0.412. The molecule has 1 aromatic rings. The fourth-order valence-electron chi connectivity index (χ4n) is 2.57. The number of para-hydroxylation sites is 2. The van der Waals surface area contributed by atoms with Gasteiger partial charge < -0.3 is 9.47 Å². The number of carbonyl (C=O) groups is 2. The van der Waals surface area contributed by atoms with Crippen LogP contribution in [0.2, 0.25) is 0 Å². The predicted octanol–water partition coefficient (Wildman–Crippen LogP) is 3.18. The van der Waals surface area contributed by atoms with Gasteiger partial charge in [-0.05, 0) is 24.8 Å². The van der Waals surface area contributed by atoms with E-state index in [9.17, 15) is 19.7 Å². The Morgan fingerprint density at radius 1 is 1.12 bits per heavy atom. The van der Waals surface area contributed by atoms with Gasteiger partial charge >= 0.3 is 17.6 Å². The first-order chi connectivity index (χ1) is 11.6. The van der Waals surface area contributed by atoms with E-state index < -0.39 is 16.9 Å². The van der Waals surface area contributed by atoms with Gasteiger partial charge in [0.05, 0.1) is 11.5 Å². The summed E-state index contributed by atoms with van der Waals surface area (Å²) in [5, 5.41) is 10.8. The number of nitro benzene ring substituents is 1. The molecule has 24 heavy (non-hydrogen) atoms. The first-order valence-corrected chi connectivity index (χ1v) is 7.86. The van der Waals surface area contributed by atoms with Crippen LogP contribution in [-0.2, 0) is 14.3 Å². The van der Waals surface area contributed by atoms with Gasteiger partial charge in [0.2, 0.25) is 5.75 Å². The highest BCUT2D eigenvalue weighted by Crippen LogP contribution is 2.26. The van der Waals surface area contributed by atoms with E-state index in [1.807, 2.05) is 0 Å². The van der Waals surface area contributed by atoms with Gasteiger partial charge in [-0.1, -0.05) is 31.4 Å². The maximum atomic E-state index is 11.7. The zero-order valence-electron chi connectivity index (χ0n) is 13.2. The average molecular weight is 333 g/mol. The molecule has 1 aliphatic carbocycles. The monoisotopic (exact) mass is 333 g/mol. The van der Waals surface area contributed by atoms with Gasteiger partial charge in [0.25, 0.3) is 0 Å². The highest BCUT2D eigenvalue weighted by molar-refractivity contribution is 5.92. The molecule has 0 unspecified atom stereocenters. The van der Waals surface area contributed by atoms with Crippen molar-refractivity contribution in [3.8, 4) is 5.75 Å².